The van der Waals surface area contributed by atoms with Crippen LogP contribution in [0.25, 0.3) is 21.2 Å². The van der Waals surface area contributed by atoms with Gasteiger partial charge in [-0.3, -0.25) is 0 Å². The minimum absolute atomic E-state index is 0.000944. The molecule has 0 N–H and O–H groups in total. The van der Waals surface area contributed by atoms with E-state index in [2.05, 4.69) is 379 Å². The Kier molecular flexibility index (Phi) is 15.4. The van der Waals surface area contributed by atoms with Gasteiger partial charge in [-0.2, -0.15) is 0 Å². The topological polar surface area (TPSA) is 9.72 Å². The lowest BCUT2D eigenvalue weighted by molar-refractivity contribution is 0.590. The fraction of sp³-hybridized carbons (Fsp3) is 0.227. The fourth-order valence-corrected chi connectivity index (χ4v) is 20.8. The van der Waals surface area contributed by atoms with Gasteiger partial charge in [-0.1, -0.05) is 280 Å². The Labute approximate surface area is 565 Å². The maximum absolute atomic E-state index is 2.95. The fourth-order valence-electron chi connectivity index (χ4n) is 14.7. The van der Waals surface area contributed by atoms with Crippen LogP contribution in [0.1, 0.15) is 132 Å². The van der Waals surface area contributed by atoms with E-state index >= 15 is 0 Å². The summed E-state index contributed by atoms with van der Waals surface area (Å²) >= 11 is 1.97. The summed E-state index contributed by atoms with van der Waals surface area (Å²) in [5.41, 5.74) is 21.8. The maximum Gasteiger partial charge on any atom is 0.264 e. The molecule has 468 valence electrons. The number of hydrogen-bond acceptors (Lipinski definition) is 4. The summed E-state index contributed by atoms with van der Waals surface area (Å²) in [5, 5.41) is 6.69. The first-order valence-corrected chi connectivity index (χ1v) is 36.6. The Bertz CT molecular complexity index is 4610. The monoisotopic (exact) mass is 1260 g/mol. The lowest BCUT2D eigenvalue weighted by Crippen LogP contribution is -2.74. The molecule has 2 aliphatic rings. The molecule has 3 heterocycles. The Hall–Kier alpha value is -8.94. The molecule has 0 fully saturated rings. The number of nitrogens with zero attached hydrogens (tertiary/aromatic N) is 3. The van der Waals surface area contributed by atoms with Crippen LogP contribution < -0.4 is 51.1 Å². The van der Waals surface area contributed by atoms with Crippen LogP contribution in [0.4, 0.5) is 51.2 Å². The first-order valence-electron chi connectivity index (χ1n) is 33.8. The van der Waals surface area contributed by atoms with E-state index in [0.717, 1.165) is 34.0 Å². The number of thiophene rings is 1. The van der Waals surface area contributed by atoms with E-state index in [1.807, 2.05) is 11.3 Å². The van der Waals surface area contributed by atoms with Gasteiger partial charge >= 0.3 is 0 Å². The minimum atomic E-state index is -2.95. The molecule has 0 saturated heterocycles. The van der Waals surface area contributed by atoms with Crippen LogP contribution in [0, 0.1) is 0 Å². The van der Waals surface area contributed by atoms with Crippen LogP contribution in [-0.4, -0.2) is 14.8 Å². The summed E-state index contributed by atoms with van der Waals surface area (Å²) in [5.74, 6) is 0. The van der Waals surface area contributed by atoms with Crippen LogP contribution in [0.15, 0.2) is 261 Å². The third kappa shape index (κ3) is 11.0. The molecule has 0 atom stereocenters. The summed E-state index contributed by atoms with van der Waals surface area (Å²) in [6.45, 7) is 34.7. The number of anilines is 9. The molecule has 0 radical (unpaired) electrons. The standard InChI is InChI=1S/C88H88BN3SSi/c1-84(2,3)61-34-43-66(44-35-61)90(67-45-36-62(37-46-67)85(4,5)6)70-51-52-76-77(58-70)91(68-47-38-63(39-48-68)86(7,8)9)78-55-60(59-26-25-33-74(54-59)94(71-27-19-16-20-28-71,72-29-21-17-22-30-72)73-31-23-18-24-32-73)56-79-81(78)89(76)83-82(75-57-65(88(13,14)15)42-53-80(75)93-83)92(79)69-49-40-64(41-50-69)87(10,11)12/h16-58H,1-15H3. The molecule has 0 unspecified atom stereocenters. The van der Waals surface area contributed by atoms with E-state index in [9.17, 15) is 0 Å². The maximum atomic E-state index is 2.66. The second kappa shape index (κ2) is 23.2. The summed E-state index contributed by atoms with van der Waals surface area (Å²) in [6.07, 6.45) is 0. The van der Waals surface area contributed by atoms with Gasteiger partial charge in [-0.15, -0.1) is 11.3 Å². The number of fused-ring (bicyclic) bond motifs is 6. The van der Waals surface area contributed by atoms with E-state index in [0.29, 0.717) is 0 Å². The van der Waals surface area contributed by atoms with Gasteiger partial charge in [0.05, 0.1) is 5.69 Å². The third-order valence-corrected chi connectivity index (χ3v) is 26.0. The average Bonchev–Trinajstić information content (AvgIpc) is 1.14. The van der Waals surface area contributed by atoms with Gasteiger partial charge in [0.2, 0.25) is 0 Å². The van der Waals surface area contributed by atoms with Crippen LogP contribution in [-0.2, 0) is 27.1 Å². The van der Waals surface area contributed by atoms with Crippen molar-refractivity contribution in [3.05, 3.63) is 289 Å². The summed E-state index contributed by atoms with van der Waals surface area (Å²) < 4.78 is 2.65. The van der Waals surface area contributed by atoms with Crippen LogP contribution in [0.2, 0.25) is 0 Å². The normalized spacial score (nSPS) is 13.4. The Morgan fingerprint density at radius 2 is 0.734 bits per heavy atom. The zero-order valence-corrected chi connectivity index (χ0v) is 59.5. The number of benzene rings is 11. The quantitative estimate of drug-likeness (QED) is 0.0998. The summed E-state index contributed by atoms with van der Waals surface area (Å²) in [6, 6.07) is 101. The van der Waals surface area contributed by atoms with E-state index in [1.54, 1.807) is 0 Å². The van der Waals surface area contributed by atoms with Crippen LogP contribution >= 0.6 is 11.3 Å². The number of hydrogen-bond donors (Lipinski definition) is 0. The molecule has 0 spiro atoms. The van der Waals surface area contributed by atoms with Gasteiger partial charge in [0, 0.05) is 60.4 Å². The Morgan fingerprint density at radius 3 is 1.19 bits per heavy atom. The van der Waals surface area contributed by atoms with E-state index in [4.69, 9.17) is 0 Å². The van der Waals surface area contributed by atoms with Gasteiger partial charge in [-0.05, 0) is 183 Å². The van der Waals surface area contributed by atoms with Crippen molar-refractivity contribution in [2.75, 3.05) is 14.7 Å². The predicted octanol–water partition coefficient (Wildman–Crippen LogP) is 20.0. The molecule has 1 aromatic heterocycles. The van der Waals surface area contributed by atoms with Gasteiger partial charge in [0.25, 0.3) is 6.71 Å². The number of rotatable bonds is 10. The van der Waals surface area contributed by atoms with Crippen molar-refractivity contribution in [1.29, 1.82) is 0 Å². The van der Waals surface area contributed by atoms with E-state index in [1.165, 1.54) is 103 Å². The van der Waals surface area contributed by atoms with E-state index < -0.39 is 8.07 Å². The second-order valence-electron chi connectivity index (χ2n) is 31.5. The molecule has 3 nitrogen and oxygen atoms in total. The van der Waals surface area contributed by atoms with Crippen molar-refractivity contribution in [2.45, 2.75) is 131 Å². The minimum Gasteiger partial charge on any atom is -0.311 e. The molecule has 11 aromatic carbocycles. The van der Waals surface area contributed by atoms with Crippen molar-refractivity contribution in [3.63, 3.8) is 0 Å². The highest BCUT2D eigenvalue weighted by atomic mass is 32.1. The molecule has 94 heavy (non-hydrogen) atoms. The van der Waals surface area contributed by atoms with Crippen LogP contribution in [0.5, 0.6) is 0 Å². The lowest BCUT2D eigenvalue weighted by Gasteiger charge is -2.44. The molecule has 12 aromatic rings. The average molecular weight is 1260 g/mol. The van der Waals surface area contributed by atoms with Crippen LogP contribution in [0.3, 0.4) is 0 Å². The summed E-state index contributed by atoms with van der Waals surface area (Å²) in [7, 11) is -2.95. The van der Waals surface area contributed by atoms with Gasteiger partial charge in [0.1, 0.15) is 0 Å². The molecule has 0 bridgehead atoms. The first kappa shape index (κ1) is 62.5. The largest absolute Gasteiger partial charge is 0.311 e. The van der Waals surface area contributed by atoms with Gasteiger partial charge in [-0.25, -0.2) is 0 Å². The van der Waals surface area contributed by atoms with Crippen molar-refractivity contribution >= 4 is 124 Å². The molecule has 0 aliphatic carbocycles. The lowest BCUT2D eigenvalue weighted by atomic mass is 9.36. The van der Waals surface area contributed by atoms with Crippen molar-refractivity contribution in [1.82, 2.24) is 0 Å². The second-order valence-corrected chi connectivity index (χ2v) is 36.4. The van der Waals surface area contributed by atoms with Crippen molar-refractivity contribution < 1.29 is 0 Å². The molecule has 0 saturated carbocycles. The van der Waals surface area contributed by atoms with E-state index in [-0.39, 0.29) is 33.8 Å². The van der Waals surface area contributed by atoms with Crippen molar-refractivity contribution in [2.24, 2.45) is 0 Å². The van der Waals surface area contributed by atoms with Gasteiger partial charge < -0.3 is 14.7 Å². The zero-order chi connectivity index (χ0) is 65.9. The highest BCUT2D eigenvalue weighted by Crippen LogP contribution is 2.51. The third-order valence-electron chi connectivity index (χ3n) is 20.0. The Morgan fingerprint density at radius 1 is 0.330 bits per heavy atom. The smallest absolute Gasteiger partial charge is 0.264 e. The first-order chi connectivity index (χ1) is 44.8. The molecule has 6 heteroatoms. The molecule has 0 amide bonds. The summed E-state index contributed by atoms with van der Waals surface area (Å²) in [4.78, 5) is 7.77. The highest BCUT2D eigenvalue weighted by molar-refractivity contribution is 7.33. The van der Waals surface area contributed by atoms with Gasteiger partial charge in [0.15, 0.2) is 8.07 Å². The molecule has 2 aliphatic heterocycles. The zero-order valence-electron chi connectivity index (χ0n) is 57.7. The predicted molar refractivity (Wildman–Crippen MR) is 413 cm³/mol. The molecule has 14 rings (SSSR count). The van der Waals surface area contributed by atoms with Crippen molar-refractivity contribution in [3.8, 4) is 11.1 Å². The highest BCUT2D eigenvalue weighted by Gasteiger charge is 2.47. The molecular formula is C88H88BN3SSi. The molecular weight excluding hydrogens is 1170 g/mol. The SMILES string of the molecule is CC(C)(C)c1ccc(N(c2ccc(C(C)(C)C)cc2)c2ccc3c(c2)N(c2ccc(C(C)(C)C)cc2)c2cc(-c4cccc([Si](c5ccccc5)(c5ccccc5)c5ccccc5)c4)cc4c2B3c2sc3ccc(C(C)(C)C)cc3c2N4c2ccc(C(C)(C)C)cc2)cc1. The Balaban J connectivity index is 1.10.